The van der Waals surface area contributed by atoms with Crippen LogP contribution in [-0.2, 0) is 6.54 Å². The fourth-order valence-electron chi connectivity index (χ4n) is 1.45. The topological polar surface area (TPSA) is 72.2 Å². The van der Waals surface area contributed by atoms with Gasteiger partial charge >= 0.3 is 5.97 Å². The predicted molar refractivity (Wildman–Crippen MR) is 61.0 cm³/mol. The molecule has 1 aromatic carbocycles. The summed E-state index contributed by atoms with van der Waals surface area (Å²) in [6.07, 6.45) is 2.89. The van der Waals surface area contributed by atoms with Gasteiger partial charge in [-0.1, -0.05) is 12.1 Å². The summed E-state index contributed by atoms with van der Waals surface area (Å²) in [5.74, 6) is -0.963. The highest BCUT2D eigenvalue weighted by atomic mass is 16.4. The number of hydrogen-bond acceptors (Lipinski definition) is 3. The number of benzene rings is 1. The first-order valence-electron chi connectivity index (χ1n) is 4.99. The molecular formula is C12H10N2O3. The van der Waals surface area contributed by atoms with Crippen LogP contribution in [0.2, 0.25) is 0 Å². The molecule has 0 aliphatic heterocycles. The van der Waals surface area contributed by atoms with E-state index in [0.717, 1.165) is 5.56 Å². The Morgan fingerprint density at radius 1 is 1.24 bits per heavy atom. The maximum atomic E-state index is 11.4. The smallest absolute Gasteiger partial charge is 0.335 e. The number of aromatic nitrogens is 2. The van der Waals surface area contributed by atoms with Crippen molar-refractivity contribution in [1.82, 2.24) is 9.55 Å². The van der Waals surface area contributed by atoms with Crippen LogP contribution in [0.25, 0.3) is 0 Å². The Bertz CT molecular complexity index is 587. The zero-order chi connectivity index (χ0) is 12.3. The molecule has 2 aromatic rings. The van der Waals surface area contributed by atoms with Crippen molar-refractivity contribution >= 4 is 5.97 Å². The first kappa shape index (κ1) is 11.1. The second-order valence-electron chi connectivity index (χ2n) is 3.55. The molecular weight excluding hydrogens is 220 g/mol. The van der Waals surface area contributed by atoms with Crippen LogP contribution in [0.4, 0.5) is 0 Å². The molecule has 1 aromatic heterocycles. The molecule has 1 heterocycles. The van der Waals surface area contributed by atoms with E-state index in [0.29, 0.717) is 6.54 Å². The van der Waals surface area contributed by atoms with Crippen molar-refractivity contribution < 1.29 is 9.90 Å². The largest absolute Gasteiger partial charge is 0.478 e. The van der Waals surface area contributed by atoms with E-state index in [-0.39, 0.29) is 11.1 Å². The summed E-state index contributed by atoms with van der Waals surface area (Å²) in [4.78, 5) is 25.9. The second-order valence-corrected chi connectivity index (χ2v) is 3.55. The molecule has 0 radical (unpaired) electrons. The number of hydrogen-bond donors (Lipinski definition) is 1. The Balaban J connectivity index is 2.23. The van der Waals surface area contributed by atoms with Gasteiger partial charge in [0.1, 0.15) is 0 Å². The van der Waals surface area contributed by atoms with Crippen LogP contribution in [0, 0.1) is 0 Å². The van der Waals surface area contributed by atoms with Crippen LogP contribution in [-0.4, -0.2) is 20.6 Å². The third kappa shape index (κ3) is 2.57. The lowest BCUT2D eigenvalue weighted by Gasteiger charge is -2.04. The van der Waals surface area contributed by atoms with Crippen LogP contribution >= 0.6 is 0 Å². The Morgan fingerprint density at radius 2 is 1.94 bits per heavy atom. The summed E-state index contributed by atoms with van der Waals surface area (Å²) >= 11 is 0. The van der Waals surface area contributed by atoms with Gasteiger partial charge in [0.05, 0.1) is 18.4 Å². The fraction of sp³-hybridized carbons (Fsp3) is 0.0833. The predicted octanol–water partition coefficient (Wildman–Crippen LogP) is 0.990. The molecule has 0 bridgehead atoms. The molecule has 0 amide bonds. The molecule has 5 heteroatoms. The van der Waals surface area contributed by atoms with Crippen molar-refractivity contribution in [3.8, 4) is 0 Å². The number of carbonyl (C=O) groups is 1. The lowest BCUT2D eigenvalue weighted by Crippen LogP contribution is -2.19. The summed E-state index contributed by atoms with van der Waals surface area (Å²) in [6, 6.07) is 7.77. The summed E-state index contributed by atoms with van der Waals surface area (Å²) < 4.78 is 1.45. The number of carboxylic acid groups (broad SMARTS) is 1. The average molecular weight is 230 g/mol. The molecule has 0 saturated heterocycles. The van der Waals surface area contributed by atoms with Crippen molar-refractivity contribution in [1.29, 1.82) is 0 Å². The molecule has 0 saturated carbocycles. The monoisotopic (exact) mass is 230 g/mol. The first-order valence-corrected chi connectivity index (χ1v) is 4.99. The van der Waals surface area contributed by atoms with E-state index < -0.39 is 5.97 Å². The van der Waals surface area contributed by atoms with Gasteiger partial charge in [-0.2, -0.15) is 0 Å². The molecule has 0 atom stereocenters. The van der Waals surface area contributed by atoms with Crippen molar-refractivity contribution in [3.63, 3.8) is 0 Å². The Morgan fingerprint density at radius 3 is 2.53 bits per heavy atom. The highest BCUT2D eigenvalue weighted by molar-refractivity contribution is 5.87. The van der Waals surface area contributed by atoms with Gasteiger partial charge in [-0.25, -0.2) is 9.78 Å². The summed E-state index contributed by atoms with van der Waals surface area (Å²) in [5, 5.41) is 8.74. The van der Waals surface area contributed by atoms with E-state index in [1.54, 1.807) is 12.1 Å². The first-order chi connectivity index (χ1) is 8.16. The van der Waals surface area contributed by atoms with Gasteiger partial charge in [0.15, 0.2) is 0 Å². The summed E-state index contributed by atoms with van der Waals surface area (Å²) in [6.45, 7) is 0.382. The molecule has 17 heavy (non-hydrogen) atoms. The maximum absolute atomic E-state index is 11.4. The van der Waals surface area contributed by atoms with Crippen LogP contribution in [0.1, 0.15) is 15.9 Å². The van der Waals surface area contributed by atoms with Gasteiger partial charge in [0.2, 0.25) is 0 Å². The third-order valence-electron chi connectivity index (χ3n) is 2.35. The summed E-state index contributed by atoms with van der Waals surface area (Å²) in [7, 11) is 0. The zero-order valence-electron chi connectivity index (χ0n) is 8.91. The van der Waals surface area contributed by atoms with Crippen LogP contribution in [0.3, 0.4) is 0 Å². The molecule has 5 nitrogen and oxygen atoms in total. The van der Waals surface area contributed by atoms with E-state index in [1.807, 2.05) is 0 Å². The third-order valence-corrected chi connectivity index (χ3v) is 2.35. The minimum atomic E-state index is -0.963. The standard InChI is InChI=1S/C12H10N2O3/c15-11-5-6-13-8-14(11)7-9-1-3-10(4-2-9)12(16)17/h1-6,8H,7H2,(H,16,17). The van der Waals surface area contributed by atoms with E-state index in [1.165, 1.54) is 35.3 Å². The van der Waals surface area contributed by atoms with Crippen LogP contribution in [0.15, 0.2) is 47.7 Å². The molecule has 1 N–H and O–H groups in total. The molecule has 86 valence electrons. The average Bonchev–Trinajstić information content (AvgIpc) is 2.33. The Hall–Kier alpha value is -2.43. The van der Waals surface area contributed by atoms with E-state index in [9.17, 15) is 9.59 Å². The lowest BCUT2D eigenvalue weighted by molar-refractivity contribution is 0.0697. The van der Waals surface area contributed by atoms with Gasteiger partial charge in [0.25, 0.3) is 5.56 Å². The highest BCUT2D eigenvalue weighted by Crippen LogP contribution is 2.05. The van der Waals surface area contributed by atoms with Crippen LogP contribution in [0.5, 0.6) is 0 Å². The number of aromatic carboxylic acids is 1. The number of carboxylic acids is 1. The lowest BCUT2D eigenvalue weighted by atomic mass is 10.1. The molecule has 0 aliphatic rings. The van der Waals surface area contributed by atoms with Crippen molar-refractivity contribution in [2.75, 3.05) is 0 Å². The quantitative estimate of drug-likeness (QED) is 0.853. The van der Waals surface area contributed by atoms with Crippen LogP contribution < -0.4 is 5.56 Å². The SMILES string of the molecule is O=C(O)c1ccc(Cn2cnccc2=O)cc1. The Kier molecular flexibility index (Phi) is 3.00. The number of rotatable bonds is 3. The molecule has 0 spiro atoms. The fourth-order valence-corrected chi connectivity index (χ4v) is 1.45. The van der Waals surface area contributed by atoms with Gasteiger partial charge in [0, 0.05) is 12.3 Å². The van der Waals surface area contributed by atoms with Crippen molar-refractivity contribution in [2.45, 2.75) is 6.54 Å². The molecule has 0 fully saturated rings. The normalized spacial score (nSPS) is 10.1. The van der Waals surface area contributed by atoms with Gasteiger partial charge < -0.3 is 5.11 Å². The Labute approximate surface area is 97.0 Å². The minimum absolute atomic E-state index is 0.137. The second kappa shape index (κ2) is 4.61. The van der Waals surface area contributed by atoms with E-state index in [4.69, 9.17) is 5.11 Å². The van der Waals surface area contributed by atoms with E-state index in [2.05, 4.69) is 4.98 Å². The van der Waals surface area contributed by atoms with Gasteiger partial charge in [-0.15, -0.1) is 0 Å². The molecule has 0 unspecified atom stereocenters. The molecule has 0 aliphatic carbocycles. The van der Waals surface area contributed by atoms with E-state index >= 15 is 0 Å². The zero-order valence-corrected chi connectivity index (χ0v) is 8.91. The van der Waals surface area contributed by atoms with Gasteiger partial charge in [-0.3, -0.25) is 9.36 Å². The highest BCUT2D eigenvalue weighted by Gasteiger charge is 2.02. The summed E-state index contributed by atoms with van der Waals surface area (Å²) in [5.41, 5.74) is 0.944. The van der Waals surface area contributed by atoms with Crippen molar-refractivity contribution in [3.05, 3.63) is 64.3 Å². The van der Waals surface area contributed by atoms with Gasteiger partial charge in [-0.05, 0) is 17.7 Å². The molecule has 2 rings (SSSR count). The maximum Gasteiger partial charge on any atom is 0.335 e. The minimum Gasteiger partial charge on any atom is -0.478 e. The van der Waals surface area contributed by atoms with Crippen molar-refractivity contribution in [2.24, 2.45) is 0 Å². The number of nitrogens with zero attached hydrogens (tertiary/aromatic N) is 2.